The zero-order chi connectivity index (χ0) is 16.5. The Kier molecular flexibility index (Phi) is 4.29. The molecule has 5 nitrogen and oxygen atoms in total. The van der Waals surface area contributed by atoms with E-state index in [0.717, 1.165) is 61.4 Å². The van der Waals surface area contributed by atoms with Crippen molar-refractivity contribution < 1.29 is 4.79 Å². The number of hydrogen-bond acceptors (Lipinski definition) is 3. The van der Waals surface area contributed by atoms with Gasteiger partial charge in [-0.15, -0.1) is 0 Å². The number of amides is 1. The van der Waals surface area contributed by atoms with Gasteiger partial charge in [0.25, 0.3) is 0 Å². The number of rotatable bonds is 2. The summed E-state index contributed by atoms with van der Waals surface area (Å²) >= 11 is 5.98. The van der Waals surface area contributed by atoms with E-state index in [1.165, 1.54) is 0 Å². The van der Waals surface area contributed by atoms with Crippen molar-refractivity contribution in [3.8, 4) is 11.3 Å². The number of fused-ring (bicyclic) bond motifs is 1. The fraction of sp³-hybridized carbons (Fsp3) is 0.444. The molecule has 2 aliphatic heterocycles. The maximum absolute atomic E-state index is 12.8. The number of carbonyl (C=O) groups excluding carboxylic acids is 1. The molecule has 1 aromatic carbocycles. The van der Waals surface area contributed by atoms with E-state index in [1.54, 1.807) is 0 Å². The Balaban J connectivity index is 1.56. The molecule has 0 bridgehead atoms. The molecular formula is C18H21ClN4O. The van der Waals surface area contributed by atoms with Crippen LogP contribution in [0.5, 0.6) is 0 Å². The first-order chi connectivity index (χ1) is 11.7. The van der Waals surface area contributed by atoms with Crippen LogP contribution < -0.4 is 5.32 Å². The van der Waals surface area contributed by atoms with Crippen molar-refractivity contribution in [3.63, 3.8) is 0 Å². The van der Waals surface area contributed by atoms with Gasteiger partial charge in [0, 0.05) is 47.9 Å². The van der Waals surface area contributed by atoms with E-state index in [1.807, 2.05) is 29.2 Å². The molecule has 1 amide bonds. The van der Waals surface area contributed by atoms with Crippen LogP contribution in [0.15, 0.2) is 24.3 Å². The molecule has 2 aliphatic rings. The van der Waals surface area contributed by atoms with Crippen molar-refractivity contribution >= 4 is 17.5 Å². The summed E-state index contributed by atoms with van der Waals surface area (Å²) in [6.07, 6.45) is 2.91. The minimum atomic E-state index is 0.117. The van der Waals surface area contributed by atoms with Crippen LogP contribution in [0.1, 0.15) is 24.1 Å². The molecule has 126 valence electrons. The molecule has 0 saturated carbocycles. The Hall–Kier alpha value is -1.85. The summed E-state index contributed by atoms with van der Waals surface area (Å²) in [6, 6.07) is 7.70. The van der Waals surface area contributed by atoms with Crippen LogP contribution in [0, 0.1) is 5.92 Å². The monoisotopic (exact) mass is 344 g/mol. The Labute approximate surface area is 146 Å². The van der Waals surface area contributed by atoms with Crippen LogP contribution in [0.4, 0.5) is 0 Å². The van der Waals surface area contributed by atoms with Gasteiger partial charge in [-0.2, -0.15) is 5.10 Å². The van der Waals surface area contributed by atoms with Crippen molar-refractivity contribution in [2.24, 2.45) is 5.92 Å². The summed E-state index contributed by atoms with van der Waals surface area (Å²) in [5.41, 5.74) is 4.25. The zero-order valence-corrected chi connectivity index (χ0v) is 14.3. The average molecular weight is 345 g/mol. The van der Waals surface area contributed by atoms with Gasteiger partial charge in [0.2, 0.25) is 5.91 Å². The number of H-pyrrole nitrogens is 1. The van der Waals surface area contributed by atoms with Gasteiger partial charge >= 0.3 is 0 Å². The first-order valence-electron chi connectivity index (χ1n) is 8.54. The summed E-state index contributed by atoms with van der Waals surface area (Å²) in [6.45, 7) is 3.23. The second-order valence-electron chi connectivity index (χ2n) is 6.59. The first kappa shape index (κ1) is 15.7. The maximum atomic E-state index is 12.8. The Bertz CT molecular complexity index is 734. The van der Waals surface area contributed by atoms with Crippen LogP contribution in [0.25, 0.3) is 11.3 Å². The van der Waals surface area contributed by atoms with Gasteiger partial charge in [0.1, 0.15) is 0 Å². The second kappa shape index (κ2) is 6.57. The first-order valence-corrected chi connectivity index (χ1v) is 8.92. The number of aromatic amines is 1. The van der Waals surface area contributed by atoms with Gasteiger partial charge in [-0.05, 0) is 31.5 Å². The van der Waals surface area contributed by atoms with Crippen molar-refractivity contribution in [2.45, 2.75) is 25.8 Å². The summed E-state index contributed by atoms with van der Waals surface area (Å²) in [5.74, 6) is 0.391. The SMILES string of the molecule is O=C(C1CCCNC1)N1CCc2[nH]nc(-c3ccc(Cl)cc3)c2C1. The van der Waals surface area contributed by atoms with Crippen molar-refractivity contribution in [2.75, 3.05) is 19.6 Å². The van der Waals surface area contributed by atoms with E-state index < -0.39 is 0 Å². The minimum Gasteiger partial charge on any atom is -0.338 e. The molecule has 2 aromatic rings. The minimum absolute atomic E-state index is 0.117. The molecule has 1 aromatic heterocycles. The fourth-order valence-corrected chi connectivity index (χ4v) is 3.78. The molecule has 4 rings (SSSR count). The lowest BCUT2D eigenvalue weighted by molar-refractivity contribution is -0.137. The average Bonchev–Trinajstić information content (AvgIpc) is 3.05. The number of halogens is 1. The molecule has 1 atom stereocenters. The number of piperidine rings is 1. The number of carbonyl (C=O) groups is 1. The van der Waals surface area contributed by atoms with Crippen LogP contribution in [0.2, 0.25) is 5.02 Å². The highest BCUT2D eigenvalue weighted by Gasteiger charge is 2.30. The predicted octanol–water partition coefficient (Wildman–Crippen LogP) is 2.61. The van der Waals surface area contributed by atoms with E-state index >= 15 is 0 Å². The fourth-order valence-electron chi connectivity index (χ4n) is 3.65. The quantitative estimate of drug-likeness (QED) is 0.880. The van der Waals surface area contributed by atoms with Crippen LogP contribution in [0.3, 0.4) is 0 Å². The third kappa shape index (κ3) is 2.94. The van der Waals surface area contributed by atoms with Crippen LogP contribution in [-0.2, 0) is 17.8 Å². The molecule has 6 heteroatoms. The third-order valence-corrected chi connectivity index (χ3v) is 5.26. The summed E-state index contributed by atoms with van der Waals surface area (Å²) in [4.78, 5) is 14.8. The highest BCUT2D eigenvalue weighted by Crippen LogP contribution is 2.30. The highest BCUT2D eigenvalue weighted by atomic mass is 35.5. The lowest BCUT2D eigenvalue weighted by Gasteiger charge is -2.32. The van der Waals surface area contributed by atoms with Gasteiger partial charge in [-0.25, -0.2) is 0 Å². The highest BCUT2D eigenvalue weighted by molar-refractivity contribution is 6.30. The number of nitrogens with zero attached hydrogens (tertiary/aromatic N) is 2. The molecule has 1 saturated heterocycles. The van der Waals surface area contributed by atoms with Crippen molar-refractivity contribution in [1.82, 2.24) is 20.4 Å². The van der Waals surface area contributed by atoms with Gasteiger partial charge in [0.15, 0.2) is 0 Å². The van der Waals surface area contributed by atoms with E-state index in [0.29, 0.717) is 11.6 Å². The van der Waals surface area contributed by atoms with Crippen LogP contribution >= 0.6 is 11.6 Å². The Morgan fingerprint density at radius 2 is 2.12 bits per heavy atom. The Morgan fingerprint density at radius 1 is 1.29 bits per heavy atom. The van der Waals surface area contributed by atoms with Gasteiger partial charge < -0.3 is 10.2 Å². The zero-order valence-electron chi connectivity index (χ0n) is 13.5. The lowest BCUT2D eigenvalue weighted by atomic mass is 9.95. The number of hydrogen-bond donors (Lipinski definition) is 2. The molecule has 0 radical (unpaired) electrons. The van der Waals surface area contributed by atoms with Crippen LogP contribution in [-0.4, -0.2) is 40.6 Å². The smallest absolute Gasteiger partial charge is 0.227 e. The summed E-state index contributed by atoms with van der Waals surface area (Å²) in [7, 11) is 0. The molecule has 24 heavy (non-hydrogen) atoms. The summed E-state index contributed by atoms with van der Waals surface area (Å²) in [5, 5.41) is 11.7. The van der Waals surface area contributed by atoms with Gasteiger partial charge in [0.05, 0.1) is 11.6 Å². The van der Waals surface area contributed by atoms with Gasteiger partial charge in [-0.3, -0.25) is 9.89 Å². The predicted molar refractivity (Wildman–Crippen MR) is 93.7 cm³/mol. The largest absolute Gasteiger partial charge is 0.338 e. The number of nitrogens with one attached hydrogen (secondary N) is 2. The molecular weight excluding hydrogens is 324 g/mol. The topological polar surface area (TPSA) is 61.0 Å². The van der Waals surface area contributed by atoms with E-state index in [4.69, 9.17) is 11.6 Å². The molecule has 2 N–H and O–H groups in total. The molecule has 0 aliphatic carbocycles. The number of aromatic nitrogens is 2. The third-order valence-electron chi connectivity index (χ3n) is 5.01. The molecule has 0 spiro atoms. The normalized spacial score (nSPS) is 20.7. The summed E-state index contributed by atoms with van der Waals surface area (Å²) < 4.78 is 0. The lowest BCUT2D eigenvalue weighted by Crippen LogP contribution is -2.44. The Morgan fingerprint density at radius 3 is 2.88 bits per heavy atom. The molecule has 1 fully saturated rings. The van der Waals surface area contributed by atoms with Gasteiger partial charge in [-0.1, -0.05) is 23.7 Å². The standard InChI is InChI=1S/C18H21ClN4O/c19-14-5-3-12(4-6-14)17-15-11-23(9-7-16(15)21-22-17)18(24)13-2-1-8-20-10-13/h3-6,13,20H,1-2,7-11H2,(H,21,22). The second-order valence-corrected chi connectivity index (χ2v) is 7.03. The number of benzene rings is 1. The van der Waals surface area contributed by atoms with E-state index in [2.05, 4.69) is 15.5 Å². The molecule has 3 heterocycles. The van der Waals surface area contributed by atoms with E-state index in [9.17, 15) is 4.79 Å². The van der Waals surface area contributed by atoms with E-state index in [-0.39, 0.29) is 11.8 Å². The van der Waals surface area contributed by atoms with Crippen molar-refractivity contribution in [1.29, 1.82) is 0 Å². The van der Waals surface area contributed by atoms with Crippen molar-refractivity contribution in [3.05, 3.63) is 40.5 Å². The molecule has 1 unspecified atom stereocenters. The maximum Gasteiger partial charge on any atom is 0.227 e.